The van der Waals surface area contributed by atoms with Gasteiger partial charge in [-0.15, -0.1) is 11.3 Å². The molecule has 0 aliphatic rings. The van der Waals surface area contributed by atoms with Gasteiger partial charge in [0.15, 0.2) is 23.3 Å². The van der Waals surface area contributed by atoms with Gasteiger partial charge in [0.1, 0.15) is 10.4 Å². The van der Waals surface area contributed by atoms with Crippen LogP contribution in [0.3, 0.4) is 0 Å². The van der Waals surface area contributed by atoms with E-state index in [0.29, 0.717) is 0 Å². The molecule has 10 heteroatoms. The van der Waals surface area contributed by atoms with E-state index in [2.05, 4.69) is 4.74 Å². The molecule has 2 aromatic rings. The largest absolute Gasteiger partial charge is 0.465 e. The molecule has 0 fully saturated rings. The summed E-state index contributed by atoms with van der Waals surface area (Å²) in [6.45, 7) is 0. The zero-order valence-corrected chi connectivity index (χ0v) is 12.0. The normalized spacial score (nSPS) is 10.5. The van der Waals surface area contributed by atoms with Crippen molar-refractivity contribution >= 4 is 28.9 Å². The maximum Gasteiger partial charge on any atom is 0.350 e. The molecule has 0 aliphatic heterocycles. The maximum absolute atomic E-state index is 13.5. The molecule has 0 saturated heterocycles. The number of hydrogen-bond donors (Lipinski definition) is 1. The zero-order chi connectivity index (χ0) is 17.3. The molecule has 1 aromatic carbocycles. The van der Waals surface area contributed by atoms with E-state index >= 15 is 0 Å². The Balaban J connectivity index is 2.44. The topological polar surface area (TPSA) is 55.4 Å². The Kier molecular flexibility index (Phi) is 4.64. The van der Waals surface area contributed by atoms with Crippen LogP contribution in [0.25, 0.3) is 0 Å². The van der Waals surface area contributed by atoms with E-state index in [1.165, 1.54) is 11.4 Å². The van der Waals surface area contributed by atoms with Crippen molar-refractivity contribution in [3.8, 4) is 0 Å². The summed E-state index contributed by atoms with van der Waals surface area (Å²) in [6.07, 6.45) is 0. The number of halogens is 5. The highest BCUT2D eigenvalue weighted by atomic mass is 32.1. The zero-order valence-electron chi connectivity index (χ0n) is 11.2. The van der Waals surface area contributed by atoms with Crippen molar-refractivity contribution in [2.75, 3.05) is 12.4 Å². The lowest BCUT2D eigenvalue weighted by molar-refractivity contribution is 0.0607. The number of ether oxygens (including phenoxy) is 1. The molecule has 4 nitrogen and oxygen atoms in total. The van der Waals surface area contributed by atoms with Gasteiger partial charge < -0.3 is 10.1 Å². The molecule has 0 saturated carbocycles. The van der Waals surface area contributed by atoms with Gasteiger partial charge in [-0.2, -0.15) is 0 Å². The first-order valence-electron chi connectivity index (χ1n) is 5.78. The standard InChI is InChI=1S/C13H6F5NO3S/c1-22-13(21)11-4(2-3-23-11)19-12(20)5-6(14)8(16)10(18)9(17)7(5)15/h2-3H,1H3,(H,19,20). The van der Waals surface area contributed by atoms with Crippen molar-refractivity contribution in [1.29, 1.82) is 0 Å². The Morgan fingerprint density at radius 1 is 1.00 bits per heavy atom. The van der Waals surface area contributed by atoms with Crippen LogP contribution in [0.5, 0.6) is 0 Å². The molecule has 0 bridgehead atoms. The Morgan fingerprint density at radius 3 is 2.04 bits per heavy atom. The molecule has 23 heavy (non-hydrogen) atoms. The van der Waals surface area contributed by atoms with Crippen molar-refractivity contribution < 1.29 is 36.3 Å². The Bertz CT molecular complexity index is 776. The first-order chi connectivity index (χ1) is 10.8. The maximum atomic E-state index is 13.5. The van der Waals surface area contributed by atoms with E-state index in [0.717, 1.165) is 18.4 Å². The lowest BCUT2D eigenvalue weighted by Gasteiger charge is -2.09. The second kappa shape index (κ2) is 6.32. The fourth-order valence-electron chi connectivity index (χ4n) is 1.65. The third kappa shape index (κ3) is 2.89. The van der Waals surface area contributed by atoms with Gasteiger partial charge in [0.2, 0.25) is 5.82 Å². The minimum atomic E-state index is -2.37. The molecular weight excluding hydrogens is 345 g/mol. The summed E-state index contributed by atoms with van der Waals surface area (Å²) in [4.78, 5) is 23.2. The van der Waals surface area contributed by atoms with Gasteiger partial charge in [-0.25, -0.2) is 26.7 Å². The number of nitrogens with one attached hydrogen (secondary N) is 1. The molecule has 0 radical (unpaired) electrons. The third-order valence-corrected chi connectivity index (χ3v) is 3.62. The Hall–Kier alpha value is -2.49. The number of esters is 1. The Morgan fingerprint density at radius 2 is 1.52 bits per heavy atom. The number of carbonyl (C=O) groups excluding carboxylic acids is 2. The molecule has 122 valence electrons. The van der Waals surface area contributed by atoms with Crippen LogP contribution in [0, 0.1) is 29.1 Å². The van der Waals surface area contributed by atoms with E-state index in [1.807, 2.05) is 5.32 Å². The summed E-state index contributed by atoms with van der Waals surface area (Å²) in [5.74, 6) is -13.8. The van der Waals surface area contributed by atoms with Crippen molar-refractivity contribution in [3.63, 3.8) is 0 Å². The van der Waals surface area contributed by atoms with E-state index < -0.39 is 46.5 Å². The van der Waals surface area contributed by atoms with Gasteiger partial charge in [0.25, 0.3) is 5.91 Å². The van der Waals surface area contributed by atoms with Crippen LogP contribution in [0.15, 0.2) is 11.4 Å². The van der Waals surface area contributed by atoms with E-state index in [-0.39, 0.29) is 10.6 Å². The van der Waals surface area contributed by atoms with E-state index in [9.17, 15) is 31.5 Å². The predicted octanol–water partition coefficient (Wildman–Crippen LogP) is 3.48. The summed E-state index contributed by atoms with van der Waals surface area (Å²) in [5, 5.41) is 3.27. The van der Waals surface area contributed by atoms with Crippen LogP contribution < -0.4 is 5.32 Å². The SMILES string of the molecule is COC(=O)c1sccc1NC(=O)c1c(F)c(F)c(F)c(F)c1F. The number of hydrogen-bond acceptors (Lipinski definition) is 4. The van der Waals surface area contributed by atoms with Crippen molar-refractivity contribution in [3.05, 3.63) is 51.0 Å². The quantitative estimate of drug-likeness (QED) is 0.399. The lowest BCUT2D eigenvalue weighted by atomic mass is 10.1. The molecule has 0 spiro atoms. The van der Waals surface area contributed by atoms with Crippen molar-refractivity contribution in [1.82, 2.24) is 0 Å². The van der Waals surface area contributed by atoms with E-state index in [4.69, 9.17) is 0 Å². The van der Waals surface area contributed by atoms with Crippen molar-refractivity contribution in [2.45, 2.75) is 0 Å². The number of thiophene rings is 1. The number of carbonyl (C=O) groups is 2. The smallest absolute Gasteiger partial charge is 0.350 e. The van der Waals surface area contributed by atoms with Gasteiger partial charge in [-0.1, -0.05) is 0 Å². The summed E-state index contributed by atoms with van der Waals surface area (Å²) in [7, 11) is 1.07. The first-order valence-corrected chi connectivity index (χ1v) is 6.66. The lowest BCUT2D eigenvalue weighted by Crippen LogP contribution is -2.20. The molecule has 1 aromatic heterocycles. The van der Waals surface area contributed by atoms with Gasteiger partial charge in [-0.05, 0) is 11.4 Å². The van der Waals surface area contributed by atoms with Crippen LogP contribution in [-0.2, 0) is 4.74 Å². The summed E-state index contributed by atoms with van der Waals surface area (Å²) in [5.41, 5.74) is -1.83. The van der Waals surface area contributed by atoms with Crippen molar-refractivity contribution in [2.24, 2.45) is 0 Å². The number of rotatable bonds is 3. The molecule has 1 N–H and O–H groups in total. The average molecular weight is 351 g/mol. The average Bonchev–Trinajstić information content (AvgIpc) is 2.98. The molecular formula is C13H6F5NO3S. The molecule has 2 rings (SSSR count). The van der Waals surface area contributed by atoms with E-state index in [1.54, 1.807) is 0 Å². The van der Waals surface area contributed by atoms with Gasteiger partial charge in [0.05, 0.1) is 12.8 Å². The van der Waals surface area contributed by atoms with Gasteiger partial charge in [0, 0.05) is 0 Å². The minimum Gasteiger partial charge on any atom is -0.465 e. The van der Waals surface area contributed by atoms with Crippen LogP contribution in [0.2, 0.25) is 0 Å². The third-order valence-electron chi connectivity index (χ3n) is 2.72. The molecule has 0 unspecified atom stereocenters. The highest BCUT2D eigenvalue weighted by Crippen LogP contribution is 2.27. The van der Waals surface area contributed by atoms with Gasteiger partial charge >= 0.3 is 5.97 Å². The Labute approximate surface area is 129 Å². The summed E-state index contributed by atoms with van der Waals surface area (Å²) in [6, 6.07) is 1.21. The number of methoxy groups -OCH3 is 1. The van der Waals surface area contributed by atoms with Crippen LogP contribution in [-0.4, -0.2) is 19.0 Å². The highest BCUT2D eigenvalue weighted by Gasteiger charge is 2.30. The fraction of sp³-hybridized carbons (Fsp3) is 0.0769. The molecule has 0 aliphatic carbocycles. The van der Waals surface area contributed by atoms with Crippen LogP contribution in [0.1, 0.15) is 20.0 Å². The predicted molar refractivity (Wildman–Crippen MR) is 69.8 cm³/mol. The first kappa shape index (κ1) is 16.9. The van der Waals surface area contributed by atoms with Gasteiger partial charge in [-0.3, -0.25) is 4.79 Å². The summed E-state index contributed by atoms with van der Waals surface area (Å²) < 4.78 is 70.6. The highest BCUT2D eigenvalue weighted by molar-refractivity contribution is 7.12. The monoisotopic (exact) mass is 351 g/mol. The molecule has 1 amide bonds. The second-order valence-corrected chi connectivity index (χ2v) is 4.97. The summed E-state index contributed by atoms with van der Waals surface area (Å²) >= 11 is 0.852. The fourth-order valence-corrected chi connectivity index (χ4v) is 2.41. The van der Waals surface area contributed by atoms with Crippen LogP contribution >= 0.6 is 11.3 Å². The minimum absolute atomic E-state index is 0.107. The number of amides is 1. The molecule has 1 heterocycles. The number of benzene rings is 1. The number of anilines is 1. The molecule has 0 atom stereocenters. The van der Waals surface area contributed by atoms with Crippen LogP contribution in [0.4, 0.5) is 27.6 Å². The second-order valence-electron chi connectivity index (χ2n) is 4.05.